The number of rotatable bonds is 4. The first-order valence-electron chi connectivity index (χ1n) is 4.27. The summed E-state index contributed by atoms with van der Waals surface area (Å²) in [6.45, 7) is -0.834. The molecule has 1 heterocycles. The van der Waals surface area contributed by atoms with Crippen LogP contribution in [0.4, 0.5) is 19.1 Å². The molecule has 16 heavy (non-hydrogen) atoms. The monoisotopic (exact) mass is 409 g/mol. The van der Waals surface area contributed by atoms with Crippen molar-refractivity contribution in [2.75, 3.05) is 23.3 Å². The lowest BCUT2D eigenvalue weighted by Gasteiger charge is -2.22. The third kappa shape index (κ3) is 4.81. The minimum Gasteiger partial charge on any atom is -0.331 e. The van der Waals surface area contributed by atoms with E-state index in [-0.39, 0.29) is 12.5 Å². The van der Waals surface area contributed by atoms with E-state index < -0.39 is 12.7 Å². The fourth-order valence-electron chi connectivity index (χ4n) is 1.04. The van der Waals surface area contributed by atoms with E-state index in [2.05, 4.69) is 25.9 Å². The largest absolute Gasteiger partial charge is 0.406 e. The zero-order chi connectivity index (χ0) is 12.2. The molecule has 0 fully saturated rings. The van der Waals surface area contributed by atoms with Gasteiger partial charge in [-0.1, -0.05) is 15.9 Å². The van der Waals surface area contributed by atoms with E-state index in [1.54, 1.807) is 0 Å². The molecule has 0 aliphatic carbocycles. The molecule has 3 nitrogen and oxygen atoms in total. The average Bonchev–Trinajstić information content (AvgIpc) is 2.16. The van der Waals surface area contributed by atoms with Crippen LogP contribution in [-0.2, 0) is 0 Å². The molecule has 0 atom stereocenters. The van der Waals surface area contributed by atoms with Crippen LogP contribution in [0.2, 0.25) is 0 Å². The molecular weight excluding hydrogens is 402 g/mol. The van der Waals surface area contributed by atoms with E-state index in [0.717, 1.165) is 8.47 Å². The fraction of sp³-hybridized carbons (Fsp3) is 0.500. The molecule has 0 aliphatic heterocycles. The van der Waals surface area contributed by atoms with Crippen molar-refractivity contribution in [3.05, 3.63) is 16.0 Å². The van der Waals surface area contributed by atoms with Crippen molar-refractivity contribution in [3.8, 4) is 0 Å². The summed E-state index contributed by atoms with van der Waals surface area (Å²) in [4.78, 5) is 8.82. The van der Waals surface area contributed by atoms with Crippen molar-refractivity contribution in [1.29, 1.82) is 0 Å². The van der Waals surface area contributed by atoms with Gasteiger partial charge < -0.3 is 4.90 Å². The highest BCUT2D eigenvalue weighted by atomic mass is 127. The fourth-order valence-corrected chi connectivity index (χ4v) is 1.74. The van der Waals surface area contributed by atoms with Gasteiger partial charge in [0, 0.05) is 27.8 Å². The maximum absolute atomic E-state index is 12.3. The molecular formula is C8H8BrF3IN3. The molecule has 0 spiro atoms. The van der Waals surface area contributed by atoms with Crippen LogP contribution in [0.3, 0.4) is 0 Å². The predicted molar refractivity (Wildman–Crippen MR) is 66.8 cm³/mol. The Kier molecular flexibility index (Phi) is 5.22. The lowest BCUT2D eigenvalue weighted by Crippen LogP contribution is -2.36. The topological polar surface area (TPSA) is 29.0 Å². The summed E-state index contributed by atoms with van der Waals surface area (Å²) >= 11 is 5.10. The Balaban J connectivity index is 2.80. The number of hydrogen-bond donors (Lipinski definition) is 0. The second-order valence-electron chi connectivity index (χ2n) is 2.93. The van der Waals surface area contributed by atoms with Crippen LogP contribution >= 0.6 is 38.5 Å². The number of alkyl halides is 4. The van der Waals surface area contributed by atoms with Gasteiger partial charge in [0.2, 0.25) is 5.95 Å². The molecule has 1 rings (SSSR count). The number of hydrogen-bond acceptors (Lipinski definition) is 3. The van der Waals surface area contributed by atoms with Gasteiger partial charge in [0.15, 0.2) is 0 Å². The Labute approximate surface area is 113 Å². The normalized spacial score (nSPS) is 11.6. The molecule has 0 saturated heterocycles. The highest BCUT2D eigenvalue weighted by Gasteiger charge is 2.31. The van der Waals surface area contributed by atoms with Gasteiger partial charge in [-0.2, -0.15) is 13.2 Å². The van der Waals surface area contributed by atoms with Crippen LogP contribution in [0.25, 0.3) is 0 Å². The summed E-state index contributed by atoms with van der Waals surface area (Å²) in [6, 6.07) is 0. The highest BCUT2D eigenvalue weighted by molar-refractivity contribution is 14.1. The maximum Gasteiger partial charge on any atom is 0.406 e. The standard InChI is InChI=1S/C8H8BrF3IN3/c9-1-2-16(5-8(10,11)12)7-14-3-6(13)4-15-7/h3-4H,1-2,5H2. The van der Waals surface area contributed by atoms with Crippen LogP contribution in [0.5, 0.6) is 0 Å². The molecule has 0 aliphatic rings. The SMILES string of the molecule is FC(F)(F)CN(CCBr)c1ncc(I)cn1. The first-order chi connectivity index (χ1) is 7.42. The van der Waals surface area contributed by atoms with Gasteiger partial charge in [-0.25, -0.2) is 9.97 Å². The zero-order valence-electron chi connectivity index (χ0n) is 8.01. The lowest BCUT2D eigenvalue weighted by atomic mass is 10.5. The van der Waals surface area contributed by atoms with E-state index in [4.69, 9.17) is 0 Å². The number of aromatic nitrogens is 2. The van der Waals surface area contributed by atoms with Gasteiger partial charge in [0.1, 0.15) is 6.54 Å². The molecule has 90 valence electrons. The Hall–Kier alpha value is -0.120. The van der Waals surface area contributed by atoms with Crippen molar-refractivity contribution in [2.24, 2.45) is 0 Å². The lowest BCUT2D eigenvalue weighted by molar-refractivity contribution is -0.119. The van der Waals surface area contributed by atoms with Gasteiger partial charge in [0.05, 0.1) is 0 Å². The van der Waals surface area contributed by atoms with E-state index in [0.29, 0.717) is 5.33 Å². The second-order valence-corrected chi connectivity index (χ2v) is 4.97. The first kappa shape index (κ1) is 13.9. The summed E-state index contributed by atoms with van der Waals surface area (Å²) in [6.07, 6.45) is -1.28. The highest BCUT2D eigenvalue weighted by Crippen LogP contribution is 2.19. The minimum atomic E-state index is -4.26. The van der Waals surface area contributed by atoms with Crippen LogP contribution in [0, 0.1) is 3.57 Å². The molecule has 0 N–H and O–H groups in total. The second kappa shape index (κ2) is 5.99. The van der Waals surface area contributed by atoms with Gasteiger partial charge in [-0.15, -0.1) is 0 Å². The van der Waals surface area contributed by atoms with Crippen LogP contribution < -0.4 is 4.90 Å². The zero-order valence-corrected chi connectivity index (χ0v) is 11.8. The Morgan fingerprint density at radius 3 is 2.31 bits per heavy atom. The van der Waals surface area contributed by atoms with Crippen molar-refractivity contribution < 1.29 is 13.2 Å². The van der Waals surface area contributed by atoms with Crippen molar-refractivity contribution in [1.82, 2.24) is 9.97 Å². The summed E-state index contributed by atoms with van der Waals surface area (Å²) < 4.78 is 37.6. The van der Waals surface area contributed by atoms with Crippen LogP contribution in [0.15, 0.2) is 12.4 Å². The third-order valence-corrected chi connectivity index (χ3v) is 2.53. The molecule has 0 unspecified atom stereocenters. The van der Waals surface area contributed by atoms with Crippen molar-refractivity contribution >= 4 is 44.5 Å². The van der Waals surface area contributed by atoms with E-state index >= 15 is 0 Å². The quantitative estimate of drug-likeness (QED) is 0.565. The Morgan fingerprint density at radius 2 is 1.88 bits per heavy atom. The summed E-state index contributed by atoms with van der Waals surface area (Å²) in [5, 5.41) is 0.429. The Morgan fingerprint density at radius 1 is 1.31 bits per heavy atom. The summed E-state index contributed by atoms with van der Waals surface area (Å²) in [5.41, 5.74) is 0. The molecule has 1 aromatic heterocycles. The van der Waals surface area contributed by atoms with Crippen LogP contribution in [-0.4, -0.2) is 34.6 Å². The first-order valence-corrected chi connectivity index (χ1v) is 6.47. The number of halogens is 5. The molecule has 1 aromatic rings. The molecule has 8 heteroatoms. The van der Waals surface area contributed by atoms with Gasteiger partial charge >= 0.3 is 6.18 Å². The minimum absolute atomic E-state index is 0.0946. The van der Waals surface area contributed by atoms with Gasteiger partial charge in [-0.3, -0.25) is 0 Å². The van der Waals surface area contributed by atoms with Gasteiger partial charge in [-0.05, 0) is 22.6 Å². The number of nitrogens with zero attached hydrogens (tertiary/aromatic N) is 3. The average molecular weight is 410 g/mol. The van der Waals surface area contributed by atoms with Gasteiger partial charge in [0.25, 0.3) is 0 Å². The molecule has 0 radical (unpaired) electrons. The molecule has 0 bridgehead atoms. The molecule has 0 saturated carbocycles. The smallest absolute Gasteiger partial charge is 0.331 e. The third-order valence-electron chi connectivity index (χ3n) is 1.61. The Bertz CT molecular complexity index is 330. The summed E-state index contributed by atoms with van der Waals surface area (Å²) in [7, 11) is 0. The van der Waals surface area contributed by atoms with E-state index in [1.165, 1.54) is 12.4 Å². The molecule has 0 amide bonds. The summed E-state index contributed by atoms with van der Waals surface area (Å²) in [5.74, 6) is 0.0946. The van der Waals surface area contributed by atoms with E-state index in [1.807, 2.05) is 22.6 Å². The van der Waals surface area contributed by atoms with Crippen molar-refractivity contribution in [3.63, 3.8) is 0 Å². The maximum atomic E-state index is 12.3. The predicted octanol–water partition coefficient (Wildman–Crippen LogP) is 2.84. The van der Waals surface area contributed by atoms with E-state index in [9.17, 15) is 13.2 Å². The molecule has 0 aromatic carbocycles. The number of anilines is 1. The van der Waals surface area contributed by atoms with Crippen molar-refractivity contribution in [2.45, 2.75) is 6.18 Å². The van der Waals surface area contributed by atoms with Crippen LogP contribution in [0.1, 0.15) is 0 Å².